The molecule has 0 spiro atoms. The topological polar surface area (TPSA) is 64.6 Å². The molecule has 0 aliphatic rings. The second kappa shape index (κ2) is 9.14. The van der Waals surface area contributed by atoms with E-state index in [4.69, 9.17) is 9.47 Å². The van der Waals surface area contributed by atoms with Crippen molar-refractivity contribution in [3.05, 3.63) is 59.7 Å². The maximum Gasteiger partial charge on any atom is 0.258 e. The van der Waals surface area contributed by atoms with E-state index in [-0.39, 0.29) is 24.8 Å². The third kappa shape index (κ3) is 5.70. The molecule has 0 heterocycles. The fourth-order valence-electron chi connectivity index (χ4n) is 2.01. The molecule has 0 bridgehead atoms. The number of carbonyl (C=O) groups excluding carboxylic acids is 2. The molecule has 0 atom stereocenters. The number of hydrogen-bond acceptors (Lipinski definition) is 4. The van der Waals surface area contributed by atoms with Gasteiger partial charge in [-0.15, -0.1) is 0 Å². The van der Waals surface area contributed by atoms with Gasteiger partial charge in [0.1, 0.15) is 0 Å². The van der Waals surface area contributed by atoms with Gasteiger partial charge in [-0.3, -0.25) is 9.59 Å². The van der Waals surface area contributed by atoms with Gasteiger partial charge in [-0.05, 0) is 31.2 Å². The van der Waals surface area contributed by atoms with Gasteiger partial charge in [0, 0.05) is 11.1 Å². The Bertz CT molecular complexity index is 800. The summed E-state index contributed by atoms with van der Waals surface area (Å²) in [6, 6.07) is 14.1. The lowest BCUT2D eigenvalue weighted by atomic mass is 10.1. The summed E-state index contributed by atoms with van der Waals surface area (Å²) >= 11 is 0. The summed E-state index contributed by atoms with van der Waals surface area (Å²) in [5.41, 5.74) is 1.43. The molecule has 0 aromatic heterocycles. The molecule has 0 aliphatic carbocycles. The molecule has 2 rings (SSSR count). The van der Waals surface area contributed by atoms with E-state index < -0.39 is 0 Å². The zero-order valence-corrected chi connectivity index (χ0v) is 14.2. The number of amides is 1. The van der Waals surface area contributed by atoms with Crippen LogP contribution in [-0.2, 0) is 4.79 Å². The van der Waals surface area contributed by atoms with Crippen molar-refractivity contribution in [1.82, 2.24) is 5.32 Å². The van der Waals surface area contributed by atoms with Gasteiger partial charge >= 0.3 is 0 Å². The molecule has 0 unspecified atom stereocenters. The monoisotopic (exact) mass is 337 g/mol. The molecule has 2 aromatic carbocycles. The largest absolute Gasteiger partial charge is 0.493 e. The molecule has 0 radical (unpaired) electrons. The van der Waals surface area contributed by atoms with Crippen LogP contribution < -0.4 is 14.8 Å². The van der Waals surface area contributed by atoms with Crippen molar-refractivity contribution in [2.45, 2.75) is 6.92 Å². The normalized spacial score (nSPS) is 9.52. The van der Waals surface area contributed by atoms with Crippen molar-refractivity contribution < 1.29 is 19.1 Å². The van der Waals surface area contributed by atoms with Crippen molar-refractivity contribution in [2.24, 2.45) is 0 Å². The summed E-state index contributed by atoms with van der Waals surface area (Å²) in [6.07, 6.45) is 0. The second-order valence-corrected chi connectivity index (χ2v) is 5.15. The Hall–Kier alpha value is -3.26. The first kappa shape index (κ1) is 18.1. The summed E-state index contributed by atoms with van der Waals surface area (Å²) in [6.45, 7) is 1.61. The Balaban J connectivity index is 1.78. The highest BCUT2D eigenvalue weighted by molar-refractivity contribution is 5.94. The lowest BCUT2D eigenvalue weighted by Crippen LogP contribution is -2.29. The lowest BCUT2D eigenvalue weighted by molar-refractivity contribution is -0.122. The predicted octanol–water partition coefficient (Wildman–Crippen LogP) is 2.44. The number of para-hydroxylation sites is 2. The lowest BCUT2D eigenvalue weighted by Gasteiger charge is -2.09. The molecule has 0 saturated carbocycles. The van der Waals surface area contributed by atoms with E-state index in [9.17, 15) is 9.59 Å². The van der Waals surface area contributed by atoms with Gasteiger partial charge in [-0.25, -0.2) is 0 Å². The average molecular weight is 337 g/mol. The maximum absolute atomic E-state index is 11.8. The third-order valence-electron chi connectivity index (χ3n) is 3.33. The Morgan fingerprint density at radius 2 is 1.72 bits per heavy atom. The Kier molecular flexibility index (Phi) is 6.61. The minimum absolute atomic E-state index is 0.0156. The van der Waals surface area contributed by atoms with Crippen LogP contribution in [0.25, 0.3) is 0 Å². The molecular weight excluding hydrogens is 318 g/mol. The molecule has 2 aromatic rings. The second-order valence-electron chi connectivity index (χ2n) is 5.15. The standard InChI is InChI=1S/C20H19NO4/c1-15(22)17-11-9-16(10-12-17)6-5-13-21-20(23)14-25-19-8-4-3-7-18(19)24-2/h3-4,7-12H,13-14H2,1-2H3,(H,21,23). The Labute approximate surface area is 147 Å². The number of ether oxygens (including phenoxy) is 2. The quantitative estimate of drug-likeness (QED) is 0.649. The van der Waals surface area contributed by atoms with E-state index in [1.165, 1.54) is 6.92 Å². The third-order valence-corrected chi connectivity index (χ3v) is 3.33. The van der Waals surface area contributed by atoms with Gasteiger partial charge in [0.2, 0.25) is 0 Å². The van der Waals surface area contributed by atoms with Gasteiger partial charge < -0.3 is 14.8 Å². The molecule has 0 saturated heterocycles. The molecule has 5 nitrogen and oxygen atoms in total. The summed E-state index contributed by atoms with van der Waals surface area (Å²) in [5.74, 6) is 6.60. The number of Topliss-reactive ketones (excluding diaryl/α,β-unsaturated/α-hetero) is 1. The zero-order chi connectivity index (χ0) is 18.1. The summed E-state index contributed by atoms with van der Waals surface area (Å²) < 4.78 is 10.6. The number of hydrogen-bond donors (Lipinski definition) is 1. The van der Waals surface area contributed by atoms with Gasteiger partial charge in [0.05, 0.1) is 13.7 Å². The number of methoxy groups -OCH3 is 1. The molecule has 1 N–H and O–H groups in total. The van der Waals surface area contributed by atoms with Crippen LogP contribution in [0.5, 0.6) is 11.5 Å². The highest BCUT2D eigenvalue weighted by Gasteiger charge is 2.05. The van der Waals surface area contributed by atoms with Crippen LogP contribution in [0.1, 0.15) is 22.8 Å². The first-order valence-electron chi connectivity index (χ1n) is 7.72. The SMILES string of the molecule is COc1ccccc1OCC(=O)NCC#Cc1ccc(C(C)=O)cc1. The number of rotatable bonds is 6. The summed E-state index contributed by atoms with van der Waals surface area (Å²) in [5, 5.41) is 2.66. The molecular formula is C20H19NO4. The molecule has 25 heavy (non-hydrogen) atoms. The fraction of sp³-hybridized carbons (Fsp3) is 0.200. The predicted molar refractivity (Wildman–Crippen MR) is 94.8 cm³/mol. The molecule has 128 valence electrons. The highest BCUT2D eigenvalue weighted by Crippen LogP contribution is 2.25. The van der Waals surface area contributed by atoms with Gasteiger partial charge in [0.25, 0.3) is 5.91 Å². The smallest absolute Gasteiger partial charge is 0.258 e. The average Bonchev–Trinajstić information content (AvgIpc) is 2.64. The Morgan fingerprint density at radius 3 is 2.36 bits per heavy atom. The minimum atomic E-state index is -0.271. The number of ketones is 1. The minimum Gasteiger partial charge on any atom is -0.493 e. The van der Waals surface area contributed by atoms with Crippen LogP contribution in [0.2, 0.25) is 0 Å². The van der Waals surface area contributed by atoms with Gasteiger partial charge in [-0.2, -0.15) is 0 Å². The first-order chi connectivity index (χ1) is 12.1. The van der Waals surface area contributed by atoms with Gasteiger partial charge in [-0.1, -0.05) is 36.1 Å². The van der Waals surface area contributed by atoms with Crippen LogP contribution in [0.4, 0.5) is 0 Å². The zero-order valence-electron chi connectivity index (χ0n) is 14.2. The number of nitrogens with one attached hydrogen (secondary N) is 1. The maximum atomic E-state index is 11.8. The van der Waals surface area contributed by atoms with E-state index in [0.29, 0.717) is 17.1 Å². The Morgan fingerprint density at radius 1 is 1.04 bits per heavy atom. The van der Waals surface area contributed by atoms with Crippen LogP contribution >= 0.6 is 0 Å². The van der Waals surface area contributed by atoms with Crippen molar-refractivity contribution in [3.8, 4) is 23.3 Å². The van der Waals surface area contributed by atoms with Crippen molar-refractivity contribution >= 4 is 11.7 Å². The van der Waals surface area contributed by atoms with Crippen LogP contribution in [0.3, 0.4) is 0 Å². The van der Waals surface area contributed by atoms with E-state index >= 15 is 0 Å². The summed E-state index contributed by atoms with van der Waals surface area (Å²) in [4.78, 5) is 23.0. The molecule has 5 heteroatoms. The number of benzene rings is 2. The van der Waals surface area contributed by atoms with E-state index in [1.807, 2.05) is 6.07 Å². The van der Waals surface area contributed by atoms with E-state index in [0.717, 1.165) is 5.56 Å². The highest BCUT2D eigenvalue weighted by atomic mass is 16.5. The molecule has 0 fully saturated rings. The van der Waals surface area contributed by atoms with Gasteiger partial charge in [0.15, 0.2) is 23.9 Å². The van der Waals surface area contributed by atoms with Crippen molar-refractivity contribution in [3.63, 3.8) is 0 Å². The molecule has 1 amide bonds. The fourth-order valence-corrected chi connectivity index (χ4v) is 2.01. The van der Waals surface area contributed by atoms with E-state index in [2.05, 4.69) is 17.2 Å². The van der Waals surface area contributed by atoms with E-state index in [1.54, 1.807) is 49.6 Å². The van der Waals surface area contributed by atoms with Crippen LogP contribution in [0, 0.1) is 11.8 Å². The van der Waals surface area contributed by atoms with Crippen LogP contribution in [-0.4, -0.2) is 32.0 Å². The van der Waals surface area contributed by atoms with Crippen molar-refractivity contribution in [1.29, 1.82) is 0 Å². The first-order valence-corrected chi connectivity index (χ1v) is 7.72. The molecule has 0 aliphatic heterocycles. The summed E-state index contributed by atoms with van der Waals surface area (Å²) in [7, 11) is 1.54. The van der Waals surface area contributed by atoms with Crippen molar-refractivity contribution in [2.75, 3.05) is 20.3 Å². The number of carbonyl (C=O) groups is 2. The van der Waals surface area contributed by atoms with Crippen LogP contribution in [0.15, 0.2) is 48.5 Å².